The first-order valence-corrected chi connectivity index (χ1v) is 16.2. The van der Waals surface area contributed by atoms with Crippen LogP contribution in [-0.2, 0) is 0 Å². The molecule has 0 amide bonds. The molecule has 0 unspecified atom stereocenters. The fourth-order valence-electron chi connectivity index (χ4n) is 5.98. The first-order valence-electron chi connectivity index (χ1n) is 31.7. The number of furan rings is 2. The zero-order valence-electron chi connectivity index (χ0n) is 58.7. The highest BCUT2D eigenvalue weighted by Gasteiger charge is 2.22. The van der Waals surface area contributed by atoms with Crippen molar-refractivity contribution in [2.75, 3.05) is 0 Å². The second-order valence-corrected chi connectivity index (χ2v) is 11.6. The van der Waals surface area contributed by atoms with Crippen molar-refractivity contribution in [2.45, 2.75) is 0 Å². The van der Waals surface area contributed by atoms with Crippen LogP contribution in [0.1, 0.15) is 42.5 Å². The van der Waals surface area contributed by atoms with Gasteiger partial charge in [0.25, 0.3) is 0 Å². The first-order chi connectivity index (χ1) is 40.6. The molecule has 0 aliphatic rings. The Kier molecular flexibility index (Phi) is 3.17. The van der Waals surface area contributed by atoms with Gasteiger partial charge >= 0.3 is 0 Å². The van der Waals surface area contributed by atoms with Gasteiger partial charge < -0.3 is 8.83 Å². The molecule has 0 atom stereocenters. The van der Waals surface area contributed by atoms with Gasteiger partial charge in [-0.25, -0.2) is 15.0 Å². The van der Waals surface area contributed by atoms with Crippen LogP contribution in [0.4, 0.5) is 0 Å². The molecule has 5 nitrogen and oxygen atoms in total. The van der Waals surface area contributed by atoms with E-state index in [1.165, 1.54) is 0 Å². The van der Waals surface area contributed by atoms with Crippen molar-refractivity contribution in [2.24, 2.45) is 0 Å². The zero-order valence-corrected chi connectivity index (χ0v) is 27.7. The van der Waals surface area contributed by atoms with Crippen LogP contribution >= 0.6 is 0 Å². The van der Waals surface area contributed by atoms with Gasteiger partial charge in [0.2, 0.25) is 0 Å². The molecule has 3 aromatic heterocycles. The molecule has 5 heteroatoms. The molecule has 11 aromatic rings. The van der Waals surface area contributed by atoms with Crippen LogP contribution in [0.15, 0.2) is 196 Å². The second-order valence-electron chi connectivity index (χ2n) is 11.6. The molecule has 0 saturated carbocycles. The van der Waals surface area contributed by atoms with Crippen LogP contribution in [0.25, 0.3) is 111 Å². The van der Waals surface area contributed by atoms with E-state index in [2.05, 4.69) is 15.0 Å². The average Bonchev–Trinajstić information content (AvgIpc) is 1.63. The summed E-state index contributed by atoms with van der Waals surface area (Å²) in [5.74, 6) is -2.57. The van der Waals surface area contributed by atoms with E-state index in [-0.39, 0.29) is 0 Å². The Bertz CT molecular complexity index is 4900. The van der Waals surface area contributed by atoms with Gasteiger partial charge in [-0.15, -0.1) is 0 Å². The summed E-state index contributed by atoms with van der Waals surface area (Å²) in [5, 5.41) is -2.60. The minimum absolute atomic E-state index is 0.589. The SMILES string of the molecule is [2H]c1c([2H])c([2H])c(-c2nc(-c3c([2H])c([2H])c([2H])c([2H])c3[2H])nc(-c3c([2H])c([2H])c([2H])c4c3oc3c([2H])c([2H])c([2H])c(-c5c([2H])c(-c6c([2H])c([2H])c([2H])c(-c7c([2H])c([2H])c([2H])c([2H])c7[2H])c6[2H])c([2H])c6c5oc5c([2H])c([2H])c([2H])c([2H])c56)c34)n2)c([2H])c1[2H]. The minimum Gasteiger partial charge on any atom is -0.455 e. The maximum absolute atomic E-state index is 10.1. The average molecular weight is 749 g/mol. The molecule has 0 fully saturated rings. The van der Waals surface area contributed by atoms with Gasteiger partial charge in [-0.3, -0.25) is 0 Å². The maximum Gasteiger partial charge on any atom is 0.167 e. The Labute approximate surface area is 365 Å². The van der Waals surface area contributed by atoms with Gasteiger partial charge in [0.05, 0.1) is 48.1 Å². The fraction of sp³-hybridized carbons (Fsp3) is 0. The van der Waals surface area contributed by atoms with Crippen molar-refractivity contribution >= 4 is 43.9 Å². The van der Waals surface area contributed by atoms with E-state index >= 15 is 0 Å². The van der Waals surface area contributed by atoms with Crippen molar-refractivity contribution in [1.82, 2.24) is 15.0 Å². The Morgan fingerprint density at radius 3 is 1.55 bits per heavy atom. The van der Waals surface area contributed by atoms with Crippen LogP contribution in [0.5, 0.6) is 0 Å². The Balaban J connectivity index is 1.35. The molecule has 262 valence electrons. The first kappa shape index (κ1) is 13.6. The summed E-state index contributed by atoms with van der Waals surface area (Å²) in [6.07, 6.45) is 0. The molecule has 0 saturated heterocycles. The highest BCUT2D eigenvalue weighted by molar-refractivity contribution is 6.19. The van der Waals surface area contributed by atoms with E-state index in [4.69, 9.17) is 37.6 Å². The molecule has 0 N–H and O–H groups in total. The number of fused-ring (bicyclic) bond motifs is 6. The lowest BCUT2D eigenvalue weighted by Gasteiger charge is -2.11. The van der Waals surface area contributed by atoms with Crippen molar-refractivity contribution < 1.29 is 51.3 Å². The third-order valence-electron chi connectivity index (χ3n) is 8.37. The van der Waals surface area contributed by atoms with Crippen LogP contribution in [0, 0.1) is 0 Å². The summed E-state index contributed by atoms with van der Waals surface area (Å²) in [6.45, 7) is 0. The summed E-state index contributed by atoms with van der Waals surface area (Å²) >= 11 is 0. The molecule has 0 aliphatic heterocycles. The van der Waals surface area contributed by atoms with E-state index in [0.29, 0.717) is 0 Å². The van der Waals surface area contributed by atoms with Gasteiger partial charge in [-0.05, 0) is 64.1 Å². The lowest BCUT2D eigenvalue weighted by atomic mass is 9.92. The van der Waals surface area contributed by atoms with Gasteiger partial charge in [-0.2, -0.15) is 0 Å². The summed E-state index contributed by atoms with van der Waals surface area (Å²) in [5.41, 5.74) is -10.4. The Morgan fingerprint density at radius 2 is 0.821 bits per heavy atom. The lowest BCUT2D eigenvalue weighted by Crippen LogP contribution is -2.00. The number of nitrogens with zero attached hydrogens (tertiary/aromatic N) is 3. The molecule has 0 spiro atoms. The predicted molar refractivity (Wildman–Crippen MR) is 227 cm³/mol. The van der Waals surface area contributed by atoms with Crippen LogP contribution in [0.2, 0.25) is 0 Å². The maximum atomic E-state index is 10.1. The van der Waals surface area contributed by atoms with E-state index in [0.717, 1.165) is 0 Å². The van der Waals surface area contributed by atoms with Gasteiger partial charge in [0.15, 0.2) is 17.5 Å². The molecule has 0 aliphatic carbocycles. The summed E-state index contributed by atoms with van der Waals surface area (Å²) in [4.78, 5) is 12.9. The van der Waals surface area contributed by atoms with E-state index in [9.17, 15) is 13.7 Å². The van der Waals surface area contributed by atoms with Crippen molar-refractivity contribution in [3.8, 4) is 67.5 Å². The summed E-state index contributed by atoms with van der Waals surface area (Å²) in [6, 6.07) is -29.7. The molecule has 3 heterocycles. The van der Waals surface area contributed by atoms with E-state index < -0.39 is 299 Å². The highest BCUT2D eigenvalue weighted by atomic mass is 16.3. The number of rotatable bonds is 6. The van der Waals surface area contributed by atoms with Gasteiger partial charge in [0.1, 0.15) is 22.3 Å². The zero-order chi connectivity index (χ0) is 64.0. The minimum atomic E-state index is -1.10. The number of para-hydroxylation sites is 2. The molecule has 56 heavy (non-hydrogen) atoms. The standard InChI is InChI=1S/C51H31N3O2/c1-4-15-32(16-5-1)35-21-12-22-36(29-35)37-30-42-38-23-10-11-27-44(38)55-48(42)43(31-37)39-24-14-28-45-46(39)40-25-13-26-41(47(40)56-45)51-53-49(33-17-6-2-7-18-33)52-50(54-51)34-19-8-3-9-20-34/h1-31H/i1D,2D,3D,4D,5D,6D,7D,8D,9D,10D,11D,12D,13D,14D,15D,16D,17D,18D,19D,20D,21D,22D,23D,24D,25D,26D,27D,28D,29D,30D,31D. The van der Waals surface area contributed by atoms with E-state index in [1.807, 2.05) is 0 Å². The molecule has 11 rings (SSSR count). The smallest absolute Gasteiger partial charge is 0.167 e. The van der Waals surface area contributed by atoms with Gasteiger partial charge in [0, 0.05) is 38.2 Å². The molecule has 0 bridgehead atoms. The Morgan fingerprint density at radius 1 is 0.321 bits per heavy atom. The molecular formula is C51H31N3O2. The molecule has 0 radical (unpaired) electrons. The third-order valence-corrected chi connectivity index (χ3v) is 8.37. The third kappa shape index (κ3) is 5.37. The van der Waals surface area contributed by atoms with Crippen LogP contribution in [-0.4, -0.2) is 15.0 Å². The number of hydrogen-bond acceptors (Lipinski definition) is 5. The predicted octanol–water partition coefficient (Wildman–Crippen LogP) is 13.7. The van der Waals surface area contributed by atoms with Crippen molar-refractivity contribution in [1.29, 1.82) is 0 Å². The summed E-state index contributed by atoms with van der Waals surface area (Å²) < 4.78 is 288. The fourth-order valence-corrected chi connectivity index (χ4v) is 5.98. The number of aromatic nitrogens is 3. The normalized spacial score (nSPS) is 19.3. The van der Waals surface area contributed by atoms with Crippen molar-refractivity contribution in [3.05, 3.63) is 187 Å². The molecular weight excluding hydrogens is 687 g/mol. The summed E-state index contributed by atoms with van der Waals surface area (Å²) in [7, 11) is 0. The monoisotopic (exact) mass is 748 g/mol. The van der Waals surface area contributed by atoms with Gasteiger partial charge in [-0.1, -0.05) is 151 Å². The van der Waals surface area contributed by atoms with Crippen molar-refractivity contribution in [3.63, 3.8) is 0 Å². The lowest BCUT2D eigenvalue weighted by molar-refractivity contribution is 0.669. The molecule has 8 aromatic carbocycles. The quantitative estimate of drug-likeness (QED) is 0.169. The topological polar surface area (TPSA) is 65.0 Å². The van der Waals surface area contributed by atoms with Crippen LogP contribution in [0.3, 0.4) is 0 Å². The Hall–Kier alpha value is -7.63. The van der Waals surface area contributed by atoms with E-state index in [1.54, 1.807) is 0 Å². The second kappa shape index (κ2) is 13.0. The van der Waals surface area contributed by atoms with Crippen LogP contribution < -0.4 is 0 Å². The largest absolute Gasteiger partial charge is 0.455 e. The highest BCUT2D eigenvalue weighted by Crippen LogP contribution is 2.45. The number of benzene rings is 8. The number of hydrogen-bond donors (Lipinski definition) is 0.